The summed E-state index contributed by atoms with van der Waals surface area (Å²) in [6, 6.07) is 4.36. The molecular formula is C17H24BrFN2O2. The topological polar surface area (TPSA) is 41.6 Å². The highest BCUT2D eigenvalue weighted by Crippen LogP contribution is 2.26. The highest BCUT2D eigenvalue weighted by atomic mass is 79.9. The molecule has 4 nitrogen and oxygen atoms in total. The normalized spacial score (nSPS) is 17.7. The predicted octanol–water partition coefficient (Wildman–Crippen LogP) is 3.35. The first-order valence-electron chi connectivity index (χ1n) is 8.14. The number of nitrogens with one attached hydrogen (secondary N) is 1. The smallest absolute Gasteiger partial charge is 0.260 e. The molecule has 1 saturated heterocycles. The Hall–Kier alpha value is -1.14. The monoisotopic (exact) mass is 386 g/mol. The number of benzene rings is 1. The second-order valence-corrected chi connectivity index (χ2v) is 6.81. The molecule has 0 aromatic heterocycles. The first-order valence-corrected chi connectivity index (χ1v) is 8.93. The Morgan fingerprint density at radius 2 is 2.17 bits per heavy atom. The maximum atomic E-state index is 13.1. The van der Waals surface area contributed by atoms with Gasteiger partial charge in [0.05, 0.1) is 4.47 Å². The van der Waals surface area contributed by atoms with Gasteiger partial charge in [0, 0.05) is 19.1 Å². The van der Waals surface area contributed by atoms with Crippen LogP contribution in [0.2, 0.25) is 0 Å². The number of carbonyl (C=O) groups is 1. The lowest BCUT2D eigenvalue weighted by atomic mass is 10.0. The molecule has 1 aliphatic rings. The van der Waals surface area contributed by atoms with E-state index in [0.717, 1.165) is 38.9 Å². The first kappa shape index (κ1) is 18.2. The van der Waals surface area contributed by atoms with Gasteiger partial charge in [-0.2, -0.15) is 0 Å². The molecular weight excluding hydrogens is 363 g/mol. The minimum absolute atomic E-state index is 0.129. The van der Waals surface area contributed by atoms with E-state index in [-0.39, 0.29) is 17.8 Å². The highest BCUT2D eigenvalue weighted by molar-refractivity contribution is 9.10. The number of carbonyl (C=O) groups excluding carboxylic acids is 1. The minimum atomic E-state index is -0.620. The summed E-state index contributed by atoms with van der Waals surface area (Å²) in [6.07, 6.45) is 2.48. The third-order valence-electron chi connectivity index (χ3n) is 4.04. The van der Waals surface area contributed by atoms with E-state index in [1.54, 1.807) is 6.92 Å². The van der Waals surface area contributed by atoms with Crippen LogP contribution in [-0.2, 0) is 4.79 Å². The average molecular weight is 387 g/mol. The van der Waals surface area contributed by atoms with Gasteiger partial charge in [-0.25, -0.2) is 4.39 Å². The number of halogens is 2. The van der Waals surface area contributed by atoms with Crippen LogP contribution in [0.4, 0.5) is 4.39 Å². The van der Waals surface area contributed by atoms with E-state index in [9.17, 15) is 9.18 Å². The van der Waals surface area contributed by atoms with Gasteiger partial charge in [-0.3, -0.25) is 4.79 Å². The molecule has 1 aromatic carbocycles. The Bertz CT molecular complexity index is 533. The molecule has 0 radical (unpaired) electrons. The zero-order valence-electron chi connectivity index (χ0n) is 13.6. The fraction of sp³-hybridized carbons (Fsp3) is 0.588. The Balaban J connectivity index is 1.81. The second-order valence-electron chi connectivity index (χ2n) is 5.96. The minimum Gasteiger partial charge on any atom is -0.480 e. The van der Waals surface area contributed by atoms with Gasteiger partial charge < -0.3 is 15.0 Å². The van der Waals surface area contributed by atoms with Crippen molar-refractivity contribution in [3.63, 3.8) is 0 Å². The van der Waals surface area contributed by atoms with E-state index in [1.807, 2.05) is 0 Å². The number of hydrogen-bond acceptors (Lipinski definition) is 3. The van der Waals surface area contributed by atoms with Crippen LogP contribution in [0.5, 0.6) is 5.75 Å². The molecule has 1 fully saturated rings. The third kappa shape index (κ3) is 5.46. The molecule has 1 aromatic rings. The number of amides is 1. The standard InChI is InChI=1S/C17H24BrFN2O2/c1-3-8-21-9-6-14(7-10-21)20-17(22)12(2)23-16-5-4-13(19)11-15(16)18/h4-5,11-12,14H,3,6-10H2,1-2H3,(H,20,22). The van der Waals surface area contributed by atoms with E-state index in [4.69, 9.17) is 4.74 Å². The van der Waals surface area contributed by atoms with Crippen LogP contribution in [-0.4, -0.2) is 42.6 Å². The summed E-state index contributed by atoms with van der Waals surface area (Å²) in [7, 11) is 0. The molecule has 6 heteroatoms. The summed E-state index contributed by atoms with van der Waals surface area (Å²) in [5.41, 5.74) is 0. The molecule has 1 heterocycles. The lowest BCUT2D eigenvalue weighted by Crippen LogP contribution is -2.48. The molecule has 2 rings (SSSR count). The second kappa shape index (κ2) is 8.64. The summed E-state index contributed by atoms with van der Waals surface area (Å²) in [5.74, 6) is -0.0119. The van der Waals surface area contributed by atoms with Crippen LogP contribution in [0.1, 0.15) is 33.1 Å². The van der Waals surface area contributed by atoms with E-state index < -0.39 is 6.10 Å². The van der Waals surface area contributed by atoms with Crippen molar-refractivity contribution >= 4 is 21.8 Å². The fourth-order valence-corrected chi connectivity index (χ4v) is 3.19. The van der Waals surface area contributed by atoms with Crippen molar-refractivity contribution in [2.24, 2.45) is 0 Å². The van der Waals surface area contributed by atoms with Gasteiger partial charge in [0.25, 0.3) is 5.91 Å². The lowest BCUT2D eigenvalue weighted by molar-refractivity contribution is -0.128. The molecule has 1 unspecified atom stereocenters. The number of nitrogens with zero attached hydrogens (tertiary/aromatic N) is 1. The van der Waals surface area contributed by atoms with Crippen molar-refractivity contribution in [1.29, 1.82) is 0 Å². The van der Waals surface area contributed by atoms with Crippen LogP contribution in [0, 0.1) is 5.82 Å². The summed E-state index contributed by atoms with van der Waals surface area (Å²) < 4.78 is 19.2. The number of hydrogen-bond donors (Lipinski definition) is 1. The molecule has 1 N–H and O–H groups in total. The Morgan fingerprint density at radius 1 is 1.48 bits per heavy atom. The molecule has 1 aliphatic heterocycles. The van der Waals surface area contributed by atoms with Crippen molar-refractivity contribution in [1.82, 2.24) is 10.2 Å². The van der Waals surface area contributed by atoms with E-state index in [2.05, 4.69) is 33.1 Å². The van der Waals surface area contributed by atoms with Gasteiger partial charge >= 0.3 is 0 Å². The fourth-order valence-electron chi connectivity index (χ4n) is 2.75. The van der Waals surface area contributed by atoms with Crippen LogP contribution in [0.15, 0.2) is 22.7 Å². The van der Waals surface area contributed by atoms with Gasteiger partial charge in [0.2, 0.25) is 0 Å². The zero-order valence-corrected chi connectivity index (χ0v) is 15.2. The Kier molecular flexibility index (Phi) is 6.84. The van der Waals surface area contributed by atoms with Gasteiger partial charge in [0.1, 0.15) is 11.6 Å². The Labute approximate surface area is 145 Å². The molecule has 0 aliphatic carbocycles. The summed E-state index contributed by atoms with van der Waals surface area (Å²) >= 11 is 3.24. The molecule has 0 saturated carbocycles. The van der Waals surface area contributed by atoms with Gasteiger partial charge in [-0.1, -0.05) is 6.92 Å². The maximum absolute atomic E-state index is 13.1. The van der Waals surface area contributed by atoms with Crippen molar-refractivity contribution in [2.45, 2.75) is 45.3 Å². The summed E-state index contributed by atoms with van der Waals surface area (Å²) in [6.45, 7) is 7.06. The summed E-state index contributed by atoms with van der Waals surface area (Å²) in [5, 5.41) is 3.05. The Morgan fingerprint density at radius 3 is 2.78 bits per heavy atom. The first-order chi connectivity index (χ1) is 11.0. The number of rotatable bonds is 6. The quantitative estimate of drug-likeness (QED) is 0.814. The molecule has 128 valence electrons. The van der Waals surface area contributed by atoms with Crippen LogP contribution in [0.25, 0.3) is 0 Å². The molecule has 23 heavy (non-hydrogen) atoms. The van der Waals surface area contributed by atoms with Crippen LogP contribution in [0.3, 0.4) is 0 Å². The van der Waals surface area contributed by atoms with E-state index in [1.165, 1.54) is 18.2 Å². The molecule has 0 bridgehead atoms. The summed E-state index contributed by atoms with van der Waals surface area (Å²) in [4.78, 5) is 14.7. The van der Waals surface area contributed by atoms with Gasteiger partial charge in [-0.15, -0.1) is 0 Å². The number of likely N-dealkylation sites (tertiary alicyclic amines) is 1. The molecule has 1 atom stereocenters. The maximum Gasteiger partial charge on any atom is 0.260 e. The molecule has 1 amide bonds. The lowest BCUT2D eigenvalue weighted by Gasteiger charge is -2.32. The predicted molar refractivity (Wildman–Crippen MR) is 92.1 cm³/mol. The van der Waals surface area contributed by atoms with Crippen LogP contribution < -0.4 is 10.1 Å². The van der Waals surface area contributed by atoms with Crippen LogP contribution >= 0.6 is 15.9 Å². The molecule has 0 spiro atoms. The van der Waals surface area contributed by atoms with Crippen molar-refractivity contribution in [3.05, 3.63) is 28.5 Å². The largest absolute Gasteiger partial charge is 0.480 e. The third-order valence-corrected chi connectivity index (χ3v) is 4.66. The van der Waals surface area contributed by atoms with Crippen molar-refractivity contribution in [3.8, 4) is 5.75 Å². The highest BCUT2D eigenvalue weighted by Gasteiger charge is 2.23. The number of ether oxygens (including phenoxy) is 1. The van der Waals surface area contributed by atoms with Crippen molar-refractivity contribution < 1.29 is 13.9 Å². The number of piperidine rings is 1. The van der Waals surface area contributed by atoms with E-state index in [0.29, 0.717) is 10.2 Å². The zero-order chi connectivity index (χ0) is 16.8. The van der Waals surface area contributed by atoms with Gasteiger partial charge in [0.15, 0.2) is 6.10 Å². The SMILES string of the molecule is CCCN1CCC(NC(=O)C(C)Oc2ccc(F)cc2Br)CC1. The van der Waals surface area contributed by atoms with Gasteiger partial charge in [-0.05, 0) is 66.9 Å². The average Bonchev–Trinajstić information content (AvgIpc) is 2.52. The van der Waals surface area contributed by atoms with E-state index >= 15 is 0 Å². The van der Waals surface area contributed by atoms with Crippen molar-refractivity contribution in [2.75, 3.05) is 19.6 Å².